The minimum Gasteiger partial charge on any atom is -0.464 e. The third-order valence-corrected chi connectivity index (χ3v) is 1.42. The molecule has 0 bridgehead atoms. The molecule has 0 unspecified atom stereocenters. The molecule has 0 N–H and O–H groups in total. The number of ether oxygens (including phenoxy) is 1. The number of hydrogen-bond donors (Lipinski definition) is 0. The highest BCUT2D eigenvalue weighted by Gasteiger charge is 1.95. The number of carbonyl (C=O) groups is 1. The summed E-state index contributed by atoms with van der Waals surface area (Å²) >= 11 is 0. The van der Waals surface area contributed by atoms with Crippen molar-refractivity contribution in [2.75, 3.05) is 6.61 Å². The monoisotopic (exact) mass is 168 g/mol. The lowest BCUT2D eigenvalue weighted by Gasteiger charge is -2.01. The molecule has 4 nitrogen and oxygen atoms in total. The molecule has 1 heterocycles. The normalized spacial score (nSPS) is 9.83. The van der Waals surface area contributed by atoms with Crippen LogP contribution in [0.4, 0.5) is 0 Å². The Labute approximate surface area is 71.2 Å². The van der Waals surface area contributed by atoms with Crippen molar-refractivity contribution in [3.8, 4) is 0 Å². The van der Waals surface area contributed by atoms with Crippen LogP contribution in [-0.4, -0.2) is 22.1 Å². The molecule has 0 saturated heterocycles. The molecule has 0 radical (unpaired) electrons. The molecule has 1 aromatic rings. The maximum absolute atomic E-state index is 10.4. The topological polar surface area (TPSA) is 44.1 Å². The zero-order chi connectivity index (χ0) is 8.97. The van der Waals surface area contributed by atoms with Crippen LogP contribution in [0.5, 0.6) is 0 Å². The first-order chi connectivity index (χ1) is 5.68. The predicted molar refractivity (Wildman–Crippen MR) is 43.6 cm³/mol. The van der Waals surface area contributed by atoms with Crippen LogP contribution in [0.1, 0.15) is 12.6 Å². The number of esters is 1. The van der Waals surface area contributed by atoms with Crippen LogP contribution in [0.25, 0.3) is 0 Å². The summed E-state index contributed by atoms with van der Waals surface area (Å²) in [6.07, 6.45) is 3.63. The summed E-state index contributed by atoms with van der Waals surface area (Å²) < 4.78 is 6.65. The smallest absolute Gasteiger partial charge is 0.302 e. The zero-order valence-electron chi connectivity index (χ0n) is 7.28. The number of hydrogen-bond acceptors (Lipinski definition) is 3. The summed E-state index contributed by atoms with van der Waals surface area (Å²) in [5.41, 5.74) is 0.970. The quantitative estimate of drug-likeness (QED) is 0.626. The lowest BCUT2D eigenvalue weighted by molar-refractivity contribution is -0.141. The average molecular weight is 168 g/mol. The van der Waals surface area contributed by atoms with Crippen LogP contribution < -0.4 is 0 Å². The van der Waals surface area contributed by atoms with E-state index in [4.69, 9.17) is 4.74 Å². The second-order valence-corrected chi connectivity index (χ2v) is 2.59. The highest BCUT2D eigenvalue weighted by atomic mass is 16.5. The Bertz CT molecular complexity index is 268. The van der Waals surface area contributed by atoms with Crippen molar-refractivity contribution in [3.63, 3.8) is 0 Å². The number of carbonyl (C=O) groups excluding carboxylic acids is 1. The van der Waals surface area contributed by atoms with Crippen molar-refractivity contribution in [1.29, 1.82) is 0 Å². The van der Waals surface area contributed by atoms with Crippen molar-refractivity contribution >= 4 is 5.97 Å². The molecule has 0 aliphatic rings. The first kappa shape index (κ1) is 8.77. The lowest BCUT2D eigenvalue weighted by Crippen LogP contribution is -2.07. The summed E-state index contributed by atoms with van der Waals surface area (Å²) in [4.78, 5) is 14.4. The number of aromatic nitrogens is 2. The Hall–Kier alpha value is -1.32. The number of aryl methyl sites for hydroxylation is 1. The fraction of sp³-hybridized carbons (Fsp3) is 0.500. The Morgan fingerprint density at radius 3 is 3.00 bits per heavy atom. The molecule has 12 heavy (non-hydrogen) atoms. The summed E-state index contributed by atoms with van der Waals surface area (Å²) in [5, 5.41) is 0. The van der Waals surface area contributed by atoms with E-state index in [2.05, 4.69) is 4.98 Å². The van der Waals surface area contributed by atoms with Gasteiger partial charge in [0.1, 0.15) is 6.61 Å². The Morgan fingerprint density at radius 2 is 2.50 bits per heavy atom. The second kappa shape index (κ2) is 3.90. The summed E-state index contributed by atoms with van der Waals surface area (Å²) in [7, 11) is 0. The lowest BCUT2D eigenvalue weighted by atomic mass is 10.5. The van der Waals surface area contributed by atoms with E-state index < -0.39 is 0 Å². The van der Waals surface area contributed by atoms with Gasteiger partial charge >= 0.3 is 5.97 Å². The largest absolute Gasteiger partial charge is 0.464 e. The predicted octanol–water partition coefficient (Wildman–Crippen LogP) is 0.755. The first-order valence-corrected chi connectivity index (χ1v) is 3.80. The molecular weight excluding hydrogens is 156 g/mol. The van der Waals surface area contributed by atoms with E-state index in [0.717, 1.165) is 5.69 Å². The summed E-state index contributed by atoms with van der Waals surface area (Å²) in [6, 6.07) is 0. The molecule has 0 amide bonds. The van der Waals surface area contributed by atoms with Gasteiger partial charge in [0, 0.05) is 13.1 Å². The number of imidazole rings is 1. The van der Waals surface area contributed by atoms with E-state index in [-0.39, 0.29) is 5.97 Å². The Morgan fingerprint density at radius 1 is 1.75 bits per heavy atom. The van der Waals surface area contributed by atoms with Crippen molar-refractivity contribution in [2.24, 2.45) is 0 Å². The van der Waals surface area contributed by atoms with Gasteiger partial charge in [0.25, 0.3) is 0 Å². The number of rotatable bonds is 3. The maximum Gasteiger partial charge on any atom is 0.302 e. The van der Waals surface area contributed by atoms with Crippen LogP contribution in [0, 0.1) is 6.92 Å². The minimum atomic E-state index is -0.244. The van der Waals surface area contributed by atoms with E-state index in [1.165, 1.54) is 6.92 Å². The fourth-order valence-corrected chi connectivity index (χ4v) is 0.889. The van der Waals surface area contributed by atoms with E-state index in [1.54, 1.807) is 6.33 Å². The van der Waals surface area contributed by atoms with Gasteiger partial charge in [-0.05, 0) is 6.92 Å². The van der Waals surface area contributed by atoms with E-state index in [1.807, 2.05) is 17.7 Å². The minimum absolute atomic E-state index is 0.244. The molecular formula is C8H12N2O2. The molecule has 1 aromatic heterocycles. The van der Waals surface area contributed by atoms with Crippen molar-refractivity contribution < 1.29 is 9.53 Å². The molecule has 4 heteroatoms. The first-order valence-electron chi connectivity index (χ1n) is 3.80. The van der Waals surface area contributed by atoms with Gasteiger partial charge in [-0.15, -0.1) is 0 Å². The van der Waals surface area contributed by atoms with Crippen LogP contribution in [0.15, 0.2) is 12.5 Å². The number of nitrogens with zero attached hydrogens (tertiary/aromatic N) is 2. The highest BCUT2D eigenvalue weighted by molar-refractivity contribution is 5.65. The molecule has 0 atom stereocenters. The van der Waals surface area contributed by atoms with Crippen LogP contribution >= 0.6 is 0 Å². The van der Waals surface area contributed by atoms with Crippen LogP contribution in [-0.2, 0) is 16.1 Å². The molecule has 1 rings (SSSR count). The Balaban J connectivity index is 2.29. The van der Waals surface area contributed by atoms with Crippen molar-refractivity contribution in [3.05, 3.63) is 18.2 Å². The van der Waals surface area contributed by atoms with E-state index in [0.29, 0.717) is 13.2 Å². The highest BCUT2D eigenvalue weighted by Crippen LogP contribution is 1.93. The van der Waals surface area contributed by atoms with Gasteiger partial charge < -0.3 is 9.30 Å². The van der Waals surface area contributed by atoms with Crippen molar-refractivity contribution in [2.45, 2.75) is 20.4 Å². The SMILES string of the molecule is CC(=O)OCCn1cnc(C)c1. The zero-order valence-corrected chi connectivity index (χ0v) is 7.28. The van der Waals surface area contributed by atoms with Crippen LogP contribution in [0.2, 0.25) is 0 Å². The third kappa shape index (κ3) is 2.74. The maximum atomic E-state index is 10.4. The summed E-state index contributed by atoms with van der Waals surface area (Å²) in [5.74, 6) is -0.244. The second-order valence-electron chi connectivity index (χ2n) is 2.59. The molecule has 66 valence electrons. The van der Waals surface area contributed by atoms with E-state index >= 15 is 0 Å². The molecule has 0 saturated carbocycles. The van der Waals surface area contributed by atoms with Gasteiger partial charge in [0.05, 0.1) is 18.6 Å². The van der Waals surface area contributed by atoms with Crippen LogP contribution in [0.3, 0.4) is 0 Å². The van der Waals surface area contributed by atoms with Gasteiger partial charge in [-0.3, -0.25) is 4.79 Å². The fourth-order valence-electron chi connectivity index (χ4n) is 0.889. The Kier molecular flexibility index (Phi) is 2.85. The molecule has 0 spiro atoms. The molecule has 0 aliphatic carbocycles. The van der Waals surface area contributed by atoms with Crippen molar-refractivity contribution in [1.82, 2.24) is 9.55 Å². The van der Waals surface area contributed by atoms with Gasteiger partial charge in [0.2, 0.25) is 0 Å². The van der Waals surface area contributed by atoms with Gasteiger partial charge in [0.15, 0.2) is 0 Å². The average Bonchev–Trinajstić information content (AvgIpc) is 2.35. The summed E-state index contributed by atoms with van der Waals surface area (Å²) in [6.45, 7) is 4.40. The standard InChI is InChI=1S/C8H12N2O2/c1-7-5-10(6-9-7)3-4-12-8(2)11/h5-6H,3-4H2,1-2H3. The van der Waals surface area contributed by atoms with Gasteiger partial charge in [-0.1, -0.05) is 0 Å². The molecule has 0 aliphatic heterocycles. The molecule has 0 fully saturated rings. The van der Waals surface area contributed by atoms with Gasteiger partial charge in [-0.2, -0.15) is 0 Å². The van der Waals surface area contributed by atoms with Gasteiger partial charge in [-0.25, -0.2) is 4.98 Å². The molecule has 0 aromatic carbocycles. The third-order valence-electron chi connectivity index (χ3n) is 1.42. The van der Waals surface area contributed by atoms with E-state index in [9.17, 15) is 4.79 Å².